The molecule has 1 atom stereocenters. The smallest absolute Gasteiger partial charge is 0.179 e. The average molecular weight is 138 g/mol. The summed E-state index contributed by atoms with van der Waals surface area (Å²) in [6.07, 6.45) is 0.886. The van der Waals surface area contributed by atoms with Crippen molar-refractivity contribution in [1.82, 2.24) is 0 Å². The summed E-state index contributed by atoms with van der Waals surface area (Å²) in [5.74, 6) is -0.0617. The first kappa shape index (κ1) is 8.07. The summed E-state index contributed by atoms with van der Waals surface area (Å²) >= 11 is -1.79. The average Bonchev–Trinajstić information content (AvgIpc) is 1.66. The van der Waals surface area contributed by atoms with Crippen molar-refractivity contribution < 1.29 is 13.5 Å². The van der Waals surface area contributed by atoms with Gasteiger partial charge >= 0.3 is 0 Å². The van der Waals surface area contributed by atoms with Gasteiger partial charge in [-0.1, -0.05) is 6.92 Å². The van der Waals surface area contributed by atoms with Gasteiger partial charge in [0.1, 0.15) is 5.94 Å². The largest absolute Gasteiger partial charge is 0.366 e. The molecule has 1 N–H and O–H groups in total. The van der Waals surface area contributed by atoms with Crippen LogP contribution in [0.15, 0.2) is 0 Å². The van der Waals surface area contributed by atoms with Crippen LogP contribution in [0.2, 0.25) is 0 Å². The molecule has 0 aliphatic rings. The predicted molar refractivity (Wildman–Crippen MR) is 31.9 cm³/mol. The Balaban J connectivity index is 2.82. The highest BCUT2D eigenvalue weighted by molar-refractivity contribution is 7.79. The summed E-state index contributed by atoms with van der Waals surface area (Å²) in [6.45, 7) is 2.51. The summed E-state index contributed by atoms with van der Waals surface area (Å²) in [5.41, 5.74) is 0. The van der Waals surface area contributed by atoms with Crippen molar-refractivity contribution in [3.05, 3.63) is 0 Å². The van der Waals surface area contributed by atoms with E-state index in [0.29, 0.717) is 6.61 Å². The maximum Gasteiger partial charge on any atom is 0.179 e. The Bertz CT molecular complexity index is 73.7. The van der Waals surface area contributed by atoms with Gasteiger partial charge in [0.05, 0.1) is 0 Å². The molecule has 0 aromatic heterocycles. The molecule has 50 valence electrons. The lowest BCUT2D eigenvalue weighted by atomic mass is 10.5. The third kappa shape index (κ3) is 6.07. The Morgan fingerprint density at radius 1 is 1.75 bits per heavy atom. The van der Waals surface area contributed by atoms with Gasteiger partial charge in [-0.05, 0) is 6.42 Å². The van der Waals surface area contributed by atoms with E-state index in [-0.39, 0.29) is 5.94 Å². The van der Waals surface area contributed by atoms with Crippen LogP contribution in [0, 0.1) is 0 Å². The van der Waals surface area contributed by atoms with Crippen LogP contribution in [0.5, 0.6) is 0 Å². The van der Waals surface area contributed by atoms with E-state index in [1.54, 1.807) is 0 Å². The fraction of sp³-hybridized carbons (Fsp3) is 1.00. The zero-order chi connectivity index (χ0) is 6.41. The number of hydrogen-bond donors (Lipinski definition) is 1. The van der Waals surface area contributed by atoms with Crippen molar-refractivity contribution in [1.29, 1.82) is 0 Å². The van der Waals surface area contributed by atoms with Crippen LogP contribution in [-0.2, 0) is 15.8 Å². The van der Waals surface area contributed by atoms with Crippen molar-refractivity contribution in [3.63, 3.8) is 0 Å². The normalized spacial score (nSPS) is 13.8. The van der Waals surface area contributed by atoms with Crippen molar-refractivity contribution in [2.75, 3.05) is 12.5 Å². The minimum Gasteiger partial charge on any atom is -0.366 e. The van der Waals surface area contributed by atoms with Gasteiger partial charge in [0.2, 0.25) is 0 Å². The molecule has 0 fully saturated rings. The summed E-state index contributed by atoms with van der Waals surface area (Å²) < 4.78 is 22.7. The summed E-state index contributed by atoms with van der Waals surface area (Å²) in [5, 5.41) is 0. The van der Waals surface area contributed by atoms with Crippen LogP contribution in [0.3, 0.4) is 0 Å². The van der Waals surface area contributed by atoms with Gasteiger partial charge < -0.3 is 9.29 Å². The van der Waals surface area contributed by atoms with Crippen LogP contribution >= 0.6 is 0 Å². The van der Waals surface area contributed by atoms with E-state index in [1.807, 2.05) is 6.92 Å². The molecule has 0 rings (SSSR count). The molecule has 0 heterocycles. The Morgan fingerprint density at radius 2 is 2.38 bits per heavy atom. The van der Waals surface area contributed by atoms with Crippen molar-refractivity contribution in [2.45, 2.75) is 13.3 Å². The van der Waals surface area contributed by atoms with Gasteiger partial charge in [0, 0.05) is 6.61 Å². The first-order valence-corrected chi connectivity index (χ1v) is 3.70. The second kappa shape index (κ2) is 5.21. The lowest BCUT2D eigenvalue weighted by Gasteiger charge is -1.94. The molecule has 0 aromatic carbocycles. The third-order valence-electron chi connectivity index (χ3n) is 0.533. The number of ether oxygens (including phenoxy) is 1. The van der Waals surface area contributed by atoms with Gasteiger partial charge in [0.25, 0.3) is 0 Å². The van der Waals surface area contributed by atoms with Gasteiger partial charge in [-0.25, -0.2) is 4.21 Å². The van der Waals surface area contributed by atoms with Crippen molar-refractivity contribution >= 4 is 11.1 Å². The second-order valence-electron chi connectivity index (χ2n) is 1.35. The van der Waals surface area contributed by atoms with E-state index in [0.717, 1.165) is 6.42 Å². The Morgan fingerprint density at radius 3 is 2.75 bits per heavy atom. The molecule has 0 saturated heterocycles. The van der Waals surface area contributed by atoms with E-state index < -0.39 is 11.1 Å². The van der Waals surface area contributed by atoms with E-state index >= 15 is 0 Å². The molecule has 0 aliphatic heterocycles. The van der Waals surface area contributed by atoms with Gasteiger partial charge in [0.15, 0.2) is 11.1 Å². The molecule has 3 nitrogen and oxygen atoms in total. The van der Waals surface area contributed by atoms with E-state index in [1.165, 1.54) is 0 Å². The Hall–Kier alpha value is 0.0700. The quantitative estimate of drug-likeness (QED) is 0.457. The number of hydrogen-bond acceptors (Lipinski definition) is 2. The zero-order valence-electron chi connectivity index (χ0n) is 4.79. The first-order valence-electron chi connectivity index (χ1n) is 2.42. The Kier molecular flexibility index (Phi) is 5.26. The highest BCUT2D eigenvalue weighted by Crippen LogP contribution is 1.80. The van der Waals surface area contributed by atoms with Crippen molar-refractivity contribution in [2.24, 2.45) is 0 Å². The first-order chi connectivity index (χ1) is 3.77. The monoisotopic (exact) mass is 138 g/mol. The van der Waals surface area contributed by atoms with Crippen LogP contribution in [0.25, 0.3) is 0 Å². The molecular weight excluding hydrogens is 128 g/mol. The van der Waals surface area contributed by atoms with Crippen LogP contribution in [0.4, 0.5) is 0 Å². The van der Waals surface area contributed by atoms with E-state index in [2.05, 4.69) is 0 Å². The van der Waals surface area contributed by atoms with Gasteiger partial charge in [-0.3, -0.25) is 0 Å². The van der Waals surface area contributed by atoms with Gasteiger partial charge in [-0.2, -0.15) is 0 Å². The highest BCUT2D eigenvalue weighted by atomic mass is 32.2. The standard InChI is InChI=1S/C4H10O3S/c1-2-3-7-4-8(5)6/h2-4H2,1H3,(H,5,6). The second-order valence-corrected chi connectivity index (χ2v) is 2.23. The Labute approximate surface area is 51.3 Å². The molecule has 8 heavy (non-hydrogen) atoms. The molecule has 0 bridgehead atoms. The number of rotatable bonds is 4. The molecule has 0 spiro atoms. The van der Waals surface area contributed by atoms with E-state index in [9.17, 15) is 4.21 Å². The molecule has 4 heteroatoms. The predicted octanol–water partition coefficient (Wildman–Crippen LogP) is 0.592. The molecular formula is C4H10O3S. The van der Waals surface area contributed by atoms with Crippen LogP contribution in [0.1, 0.15) is 13.3 Å². The maximum absolute atomic E-state index is 9.86. The lowest BCUT2D eigenvalue weighted by molar-refractivity contribution is 0.176. The highest BCUT2D eigenvalue weighted by Gasteiger charge is 1.88. The molecule has 0 amide bonds. The van der Waals surface area contributed by atoms with Crippen LogP contribution < -0.4 is 0 Å². The molecule has 0 radical (unpaired) electrons. The maximum atomic E-state index is 9.86. The summed E-state index contributed by atoms with van der Waals surface area (Å²) in [4.78, 5) is 0. The fourth-order valence-electron chi connectivity index (χ4n) is 0.275. The molecule has 0 saturated carbocycles. The molecule has 0 aliphatic carbocycles. The third-order valence-corrected chi connectivity index (χ3v) is 0.901. The minimum atomic E-state index is -1.79. The SMILES string of the molecule is CCCOCS(=O)O. The van der Waals surface area contributed by atoms with Gasteiger partial charge in [-0.15, -0.1) is 0 Å². The van der Waals surface area contributed by atoms with Crippen molar-refractivity contribution in [3.8, 4) is 0 Å². The van der Waals surface area contributed by atoms with E-state index in [4.69, 9.17) is 9.29 Å². The zero-order valence-corrected chi connectivity index (χ0v) is 5.61. The minimum absolute atomic E-state index is 0.0617. The molecule has 1 unspecified atom stereocenters. The topological polar surface area (TPSA) is 46.5 Å². The van der Waals surface area contributed by atoms with Crippen LogP contribution in [-0.4, -0.2) is 21.3 Å². The molecule has 0 aromatic rings. The summed E-state index contributed by atoms with van der Waals surface area (Å²) in [7, 11) is 0. The lowest BCUT2D eigenvalue weighted by Crippen LogP contribution is -2.00. The fourth-order valence-corrected chi connectivity index (χ4v) is 0.535. The summed E-state index contributed by atoms with van der Waals surface area (Å²) in [6, 6.07) is 0.